The highest BCUT2D eigenvalue weighted by atomic mass is 16.3. The van der Waals surface area contributed by atoms with Gasteiger partial charge in [-0.15, -0.1) is 0 Å². The minimum absolute atomic E-state index is 0.0744. The second-order valence-corrected chi connectivity index (χ2v) is 7.54. The topological polar surface area (TPSA) is 61.4 Å². The maximum absolute atomic E-state index is 12.5. The maximum Gasteiger partial charge on any atom is 0.240 e. The van der Waals surface area contributed by atoms with Gasteiger partial charge < -0.3 is 15.7 Å². The average molecular weight is 266 g/mol. The molecular formula is C15H26N2O2. The number of fused-ring (bicyclic) bond motifs is 2. The fourth-order valence-electron chi connectivity index (χ4n) is 4.57. The van der Waals surface area contributed by atoms with Crippen LogP contribution in [0.5, 0.6) is 0 Å². The molecule has 1 aliphatic heterocycles. The zero-order chi connectivity index (χ0) is 13.9. The molecule has 3 N–H and O–H groups in total. The molecule has 0 aromatic rings. The zero-order valence-electron chi connectivity index (χ0n) is 12.3. The van der Waals surface area contributed by atoms with E-state index in [0.717, 1.165) is 32.2 Å². The highest BCUT2D eigenvalue weighted by Crippen LogP contribution is 2.60. The van der Waals surface area contributed by atoms with Gasteiger partial charge in [0.15, 0.2) is 0 Å². The number of nitrogens with one attached hydrogen (secondary N) is 2. The summed E-state index contributed by atoms with van der Waals surface area (Å²) in [5.41, 5.74) is -1.07. The number of aliphatic hydroxyl groups is 1. The Labute approximate surface area is 115 Å². The van der Waals surface area contributed by atoms with E-state index in [9.17, 15) is 9.90 Å². The summed E-state index contributed by atoms with van der Waals surface area (Å²) in [7, 11) is 0. The molecule has 1 saturated heterocycles. The highest BCUT2D eigenvalue weighted by molar-refractivity contribution is 5.86. The van der Waals surface area contributed by atoms with Crippen LogP contribution in [0, 0.1) is 11.3 Å². The molecule has 0 radical (unpaired) electrons. The van der Waals surface area contributed by atoms with E-state index in [2.05, 4.69) is 24.5 Å². The Morgan fingerprint density at radius 1 is 1.32 bits per heavy atom. The summed E-state index contributed by atoms with van der Waals surface area (Å²) in [5, 5.41) is 17.2. The van der Waals surface area contributed by atoms with Crippen molar-refractivity contribution in [2.45, 2.75) is 70.1 Å². The van der Waals surface area contributed by atoms with Crippen LogP contribution in [0.4, 0.5) is 0 Å². The van der Waals surface area contributed by atoms with Crippen molar-refractivity contribution in [3.8, 4) is 0 Å². The zero-order valence-corrected chi connectivity index (χ0v) is 12.3. The minimum atomic E-state index is -0.584. The highest BCUT2D eigenvalue weighted by Gasteiger charge is 2.63. The molecule has 1 unspecified atom stereocenters. The Morgan fingerprint density at radius 2 is 2.05 bits per heavy atom. The molecular weight excluding hydrogens is 240 g/mol. The molecule has 2 saturated carbocycles. The van der Waals surface area contributed by atoms with Crippen LogP contribution in [0.3, 0.4) is 0 Å². The number of carbonyl (C=O) groups excluding carboxylic acids is 1. The second-order valence-electron chi connectivity index (χ2n) is 7.54. The van der Waals surface area contributed by atoms with Gasteiger partial charge in [-0.2, -0.15) is 0 Å². The smallest absolute Gasteiger partial charge is 0.240 e. The summed E-state index contributed by atoms with van der Waals surface area (Å²) >= 11 is 0. The van der Waals surface area contributed by atoms with Gasteiger partial charge in [0, 0.05) is 6.04 Å². The average Bonchev–Trinajstić information content (AvgIpc) is 2.90. The molecule has 0 aromatic heterocycles. The number of hydrogen-bond donors (Lipinski definition) is 3. The molecule has 2 bridgehead atoms. The predicted octanol–water partition coefficient (Wildman–Crippen LogP) is 1.18. The molecule has 3 fully saturated rings. The minimum Gasteiger partial charge on any atom is -0.389 e. The third-order valence-electron chi connectivity index (χ3n) is 6.22. The summed E-state index contributed by atoms with van der Waals surface area (Å²) in [5.74, 6) is 0.522. The summed E-state index contributed by atoms with van der Waals surface area (Å²) in [6.07, 6.45) is 4.59. The van der Waals surface area contributed by atoms with E-state index in [1.165, 1.54) is 0 Å². The maximum atomic E-state index is 12.5. The van der Waals surface area contributed by atoms with E-state index in [1.807, 2.05) is 6.92 Å². The van der Waals surface area contributed by atoms with Gasteiger partial charge in [-0.1, -0.05) is 13.8 Å². The van der Waals surface area contributed by atoms with Gasteiger partial charge >= 0.3 is 0 Å². The van der Waals surface area contributed by atoms with E-state index in [-0.39, 0.29) is 17.4 Å². The van der Waals surface area contributed by atoms with Gasteiger partial charge in [-0.3, -0.25) is 4.79 Å². The normalized spacial score (nSPS) is 47.6. The number of amides is 1. The van der Waals surface area contributed by atoms with Gasteiger partial charge in [-0.25, -0.2) is 0 Å². The summed E-state index contributed by atoms with van der Waals surface area (Å²) in [6.45, 7) is 7.20. The summed E-state index contributed by atoms with van der Waals surface area (Å²) < 4.78 is 0. The molecule has 4 nitrogen and oxygen atoms in total. The van der Waals surface area contributed by atoms with Gasteiger partial charge in [0.25, 0.3) is 0 Å². The summed E-state index contributed by atoms with van der Waals surface area (Å²) in [4.78, 5) is 12.5. The van der Waals surface area contributed by atoms with Gasteiger partial charge in [0.1, 0.15) is 0 Å². The van der Waals surface area contributed by atoms with Crippen molar-refractivity contribution in [2.75, 3.05) is 6.54 Å². The quantitative estimate of drug-likeness (QED) is 0.703. The Morgan fingerprint density at radius 3 is 2.53 bits per heavy atom. The van der Waals surface area contributed by atoms with Gasteiger partial charge in [0.2, 0.25) is 5.91 Å². The lowest BCUT2D eigenvalue weighted by atomic mass is 9.79. The fourth-order valence-corrected chi connectivity index (χ4v) is 4.57. The van der Waals surface area contributed by atoms with Crippen molar-refractivity contribution in [2.24, 2.45) is 11.3 Å². The molecule has 3 rings (SSSR count). The molecule has 1 heterocycles. The molecule has 2 aliphatic carbocycles. The van der Waals surface area contributed by atoms with Crippen LogP contribution in [0.15, 0.2) is 0 Å². The number of rotatable bonds is 2. The monoisotopic (exact) mass is 266 g/mol. The van der Waals surface area contributed by atoms with Crippen molar-refractivity contribution >= 4 is 5.91 Å². The Bertz CT molecular complexity index is 398. The third kappa shape index (κ3) is 1.76. The van der Waals surface area contributed by atoms with Gasteiger partial charge in [0.05, 0.1) is 11.1 Å². The van der Waals surface area contributed by atoms with Gasteiger partial charge in [-0.05, 0) is 56.9 Å². The van der Waals surface area contributed by atoms with Crippen LogP contribution >= 0.6 is 0 Å². The molecule has 1 amide bonds. The molecule has 19 heavy (non-hydrogen) atoms. The lowest BCUT2D eigenvalue weighted by Gasteiger charge is -2.32. The molecule has 0 aromatic carbocycles. The third-order valence-corrected chi connectivity index (χ3v) is 6.22. The Kier molecular flexibility index (Phi) is 2.78. The fraction of sp³-hybridized carbons (Fsp3) is 0.933. The first-order chi connectivity index (χ1) is 8.79. The van der Waals surface area contributed by atoms with Crippen molar-refractivity contribution < 1.29 is 9.90 Å². The lowest BCUT2D eigenvalue weighted by Crippen LogP contribution is -2.55. The molecule has 4 atom stereocenters. The van der Waals surface area contributed by atoms with Crippen molar-refractivity contribution in [3.05, 3.63) is 0 Å². The second kappa shape index (κ2) is 3.95. The van der Waals surface area contributed by atoms with E-state index < -0.39 is 11.1 Å². The van der Waals surface area contributed by atoms with E-state index in [4.69, 9.17) is 0 Å². The van der Waals surface area contributed by atoms with Crippen molar-refractivity contribution in [3.63, 3.8) is 0 Å². The Hall–Kier alpha value is -0.610. The first kappa shape index (κ1) is 13.4. The van der Waals surface area contributed by atoms with E-state index in [0.29, 0.717) is 12.3 Å². The summed E-state index contributed by atoms with van der Waals surface area (Å²) in [6, 6.07) is 0.139. The molecule has 108 valence electrons. The Balaban J connectivity index is 1.71. The molecule has 4 heteroatoms. The van der Waals surface area contributed by atoms with Crippen LogP contribution in [0.2, 0.25) is 0 Å². The SMILES string of the molecule is CC1(C)[C@@H]2CCC1(O)C[C@H]2NC(=O)[C@]1(C)CCCN1. The lowest BCUT2D eigenvalue weighted by molar-refractivity contribution is -0.127. The predicted molar refractivity (Wildman–Crippen MR) is 73.6 cm³/mol. The number of hydrogen-bond acceptors (Lipinski definition) is 3. The molecule has 0 spiro atoms. The van der Waals surface area contributed by atoms with Crippen LogP contribution in [-0.2, 0) is 4.79 Å². The van der Waals surface area contributed by atoms with Crippen LogP contribution < -0.4 is 10.6 Å². The van der Waals surface area contributed by atoms with Crippen molar-refractivity contribution in [1.82, 2.24) is 10.6 Å². The van der Waals surface area contributed by atoms with E-state index in [1.54, 1.807) is 0 Å². The first-order valence-corrected chi connectivity index (χ1v) is 7.57. The van der Waals surface area contributed by atoms with Crippen LogP contribution in [0.25, 0.3) is 0 Å². The van der Waals surface area contributed by atoms with Crippen LogP contribution in [0.1, 0.15) is 52.9 Å². The van der Waals surface area contributed by atoms with Crippen LogP contribution in [-0.4, -0.2) is 34.7 Å². The first-order valence-electron chi connectivity index (χ1n) is 7.57. The van der Waals surface area contributed by atoms with E-state index >= 15 is 0 Å². The number of carbonyl (C=O) groups is 1. The molecule has 3 aliphatic rings. The largest absolute Gasteiger partial charge is 0.389 e. The standard InChI is InChI=1S/C15H26N2O2/c1-13(2)10-5-7-15(13,19)9-11(10)17-12(18)14(3)6-4-8-16-14/h10-11,16,19H,4-9H2,1-3H3,(H,17,18)/t10-,11-,14+,15?/m1/s1. The van der Waals surface area contributed by atoms with Crippen molar-refractivity contribution in [1.29, 1.82) is 0 Å².